The standard InChI is InChI=1S/C26H29ClN2O4S/c1-17-8-10-18(11-9-17)25(2,3)33-22-15-19(34(31,32)23-7-5-4-6-21(23)27)14-20(22)24(30)29-26(16-28)12-13-26/h4-11,19-20,22H,12-15H2,1-3H3,(H,29,30)/t19-,20?,22-/m0/s1. The van der Waals surface area contributed by atoms with Gasteiger partial charge in [0.2, 0.25) is 5.91 Å². The summed E-state index contributed by atoms with van der Waals surface area (Å²) in [4.78, 5) is 13.3. The molecule has 0 saturated heterocycles. The Morgan fingerprint density at radius 2 is 1.79 bits per heavy atom. The molecular weight excluding hydrogens is 472 g/mol. The van der Waals surface area contributed by atoms with Crippen molar-refractivity contribution in [3.8, 4) is 6.07 Å². The second kappa shape index (κ2) is 8.99. The number of carbonyl (C=O) groups excluding carboxylic acids is 1. The predicted octanol–water partition coefficient (Wildman–Crippen LogP) is 4.69. The molecule has 0 heterocycles. The van der Waals surface area contributed by atoms with Gasteiger partial charge in [0.25, 0.3) is 0 Å². The summed E-state index contributed by atoms with van der Waals surface area (Å²) in [5.74, 6) is -1.03. The Hall–Kier alpha value is -2.40. The van der Waals surface area contributed by atoms with E-state index in [0.29, 0.717) is 12.8 Å². The van der Waals surface area contributed by atoms with Crippen molar-refractivity contribution in [3.05, 3.63) is 64.7 Å². The first-order chi connectivity index (χ1) is 16.0. The van der Waals surface area contributed by atoms with E-state index in [1.807, 2.05) is 45.0 Å². The second-order valence-corrected chi connectivity index (χ2v) is 12.5. The van der Waals surface area contributed by atoms with Crippen molar-refractivity contribution >= 4 is 27.3 Å². The highest BCUT2D eigenvalue weighted by Gasteiger charge is 2.51. The third-order valence-corrected chi connectivity index (χ3v) is 9.57. The maximum Gasteiger partial charge on any atom is 0.227 e. The second-order valence-electron chi connectivity index (χ2n) is 9.89. The summed E-state index contributed by atoms with van der Waals surface area (Å²) in [5, 5.41) is 11.6. The molecule has 0 aliphatic heterocycles. The zero-order chi connectivity index (χ0) is 24.7. The van der Waals surface area contributed by atoms with Gasteiger partial charge in [0, 0.05) is 0 Å². The summed E-state index contributed by atoms with van der Waals surface area (Å²) in [6.07, 6.45) is 0.844. The number of hydrogen-bond acceptors (Lipinski definition) is 5. The van der Waals surface area contributed by atoms with Crippen molar-refractivity contribution in [2.75, 3.05) is 0 Å². The number of ether oxygens (including phenoxy) is 1. The lowest BCUT2D eigenvalue weighted by Gasteiger charge is -2.32. The molecule has 1 N–H and O–H groups in total. The van der Waals surface area contributed by atoms with Gasteiger partial charge in [-0.2, -0.15) is 5.26 Å². The summed E-state index contributed by atoms with van der Waals surface area (Å²) >= 11 is 6.21. The summed E-state index contributed by atoms with van der Waals surface area (Å²) in [6.45, 7) is 5.84. The van der Waals surface area contributed by atoms with Crippen molar-refractivity contribution < 1.29 is 17.9 Å². The zero-order valence-corrected chi connectivity index (χ0v) is 21.1. The quantitative estimate of drug-likeness (QED) is 0.594. The van der Waals surface area contributed by atoms with Crippen molar-refractivity contribution in [2.24, 2.45) is 5.92 Å². The topological polar surface area (TPSA) is 96.3 Å². The van der Waals surface area contributed by atoms with E-state index in [0.717, 1.165) is 11.1 Å². The van der Waals surface area contributed by atoms with Crippen LogP contribution in [0.1, 0.15) is 50.7 Å². The van der Waals surface area contributed by atoms with Crippen molar-refractivity contribution in [2.45, 2.75) is 73.8 Å². The van der Waals surface area contributed by atoms with Crippen LogP contribution in [0.15, 0.2) is 53.4 Å². The molecule has 1 amide bonds. The molecule has 2 aromatic rings. The predicted molar refractivity (Wildman–Crippen MR) is 130 cm³/mol. The van der Waals surface area contributed by atoms with Crippen LogP contribution in [0.2, 0.25) is 5.02 Å². The van der Waals surface area contributed by atoms with Crippen LogP contribution in [0, 0.1) is 24.2 Å². The van der Waals surface area contributed by atoms with Crippen LogP contribution in [0.4, 0.5) is 0 Å². The molecule has 0 aromatic heterocycles. The molecule has 34 heavy (non-hydrogen) atoms. The van der Waals surface area contributed by atoms with Gasteiger partial charge in [-0.25, -0.2) is 8.42 Å². The Labute approximate surface area is 206 Å². The SMILES string of the molecule is Cc1ccc(C(C)(C)O[C@H]2C[C@@H](S(=O)(=O)c3ccccc3Cl)CC2C(=O)NC2(C#N)CC2)cc1. The van der Waals surface area contributed by atoms with E-state index in [4.69, 9.17) is 16.3 Å². The summed E-state index contributed by atoms with van der Waals surface area (Å²) < 4.78 is 33.4. The van der Waals surface area contributed by atoms with Gasteiger partial charge >= 0.3 is 0 Å². The van der Waals surface area contributed by atoms with Gasteiger partial charge in [-0.15, -0.1) is 0 Å². The number of halogens is 1. The molecule has 3 atom stereocenters. The van der Waals surface area contributed by atoms with Gasteiger partial charge in [-0.3, -0.25) is 4.79 Å². The summed E-state index contributed by atoms with van der Waals surface area (Å²) in [6, 6.07) is 16.5. The first-order valence-electron chi connectivity index (χ1n) is 11.4. The average Bonchev–Trinajstić information content (AvgIpc) is 3.43. The average molecular weight is 501 g/mol. The van der Waals surface area contributed by atoms with Crippen LogP contribution >= 0.6 is 11.6 Å². The van der Waals surface area contributed by atoms with E-state index < -0.39 is 38.2 Å². The molecule has 0 radical (unpaired) electrons. The number of hydrogen-bond donors (Lipinski definition) is 1. The fraction of sp³-hybridized carbons (Fsp3) is 0.462. The van der Waals surface area contributed by atoms with Crippen molar-refractivity contribution in [1.82, 2.24) is 5.32 Å². The highest BCUT2D eigenvalue weighted by molar-refractivity contribution is 7.92. The molecule has 1 unspecified atom stereocenters. The molecule has 2 aromatic carbocycles. The number of nitriles is 1. The smallest absolute Gasteiger partial charge is 0.227 e. The lowest BCUT2D eigenvalue weighted by Crippen LogP contribution is -2.44. The molecular formula is C26H29ClN2O4S. The maximum atomic E-state index is 13.5. The first kappa shape index (κ1) is 24.7. The van der Waals surface area contributed by atoms with Crippen LogP contribution in [0.3, 0.4) is 0 Å². The number of sulfone groups is 1. The van der Waals surface area contributed by atoms with Crippen molar-refractivity contribution in [1.29, 1.82) is 5.26 Å². The van der Waals surface area contributed by atoms with Crippen LogP contribution in [-0.2, 0) is 25.0 Å². The molecule has 2 saturated carbocycles. The highest BCUT2D eigenvalue weighted by atomic mass is 35.5. The molecule has 180 valence electrons. The Kier molecular flexibility index (Phi) is 6.54. The fourth-order valence-electron chi connectivity index (χ4n) is 4.59. The monoisotopic (exact) mass is 500 g/mol. The summed E-state index contributed by atoms with van der Waals surface area (Å²) in [5.41, 5.74) is 0.473. The minimum absolute atomic E-state index is 0.0648. The number of carbonyl (C=O) groups is 1. The Morgan fingerprint density at radius 3 is 2.38 bits per heavy atom. The number of rotatable bonds is 7. The van der Waals surface area contributed by atoms with Crippen LogP contribution < -0.4 is 5.32 Å². The number of nitrogens with zero attached hydrogens (tertiary/aromatic N) is 1. The first-order valence-corrected chi connectivity index (χ1v) is 13.4. The van der Waals surface area contributed by atoms with Gasteiger partial charge in [-0.05, 0) is 64.2 Å². The van der Waals surface area contributed by atoms with Gasteiger partial charge in [-0.1, -0.05) is 53.6 Å². The van der Waals surface area contributed by atoms with E-state index >= 15 is 0 Å². The van der Waals surface area contributed by atoms with E-state index in [9.17, 15) is 18.5 Å². The van der Waals surface area contributed by atoms with Crippen LogP contribution in [0.25, 0.3) is 0 Å². The highest BCUT2D eigenvalue weighted by Crippen LogP contribution is 2.42. The van der Waals surface area contributed by atoms with E-state index in [1.54, 1.807) is 18.2 Å². The molecule has 2 fully saturated rings. The normalized spacial score (nSPS) is 23.8. The Balaban J connectivity index is 1.63. The lowest BCUT2D eigenvalue weighted by molar-refractivity contribution is -0.137. The molecule has 0 spiro atoms. The van der Waals surface area contributed by atoms with Gasteiger partial charge in [0.15, 0.2) is 9.84 Å². The third-order valence-electron chi connectivity index (χ3n) is 6.90. The maximum absolute atomic E-state index is 13.5. The molecule has 6 nitrogen and oxygen atoms in total. The van der Waals surface area contributed by atoms with E-state index in [1.165, 1.54) is 6.07 Å². The largest absolute Gasteiger partial charge is 0.367 e. The molecule has 0 bridgehead atoms. The zero-order valence-electron chi connectivity index (χ0n) is 19.5. The number of nitrogens with one attached hydrogen (secondary N) is 1. The minimum atomic E-state index is -3.79. The van der Waals surface area contributed by atoms with Crippen LogP contribution in [-0.4, -0.2) is 31.2 Å². The minimum Gasteiger partial charge on any atom is -0.367 e. The van der Waals surface area contributed by atoms with Gasteiger partial charge in [0.1, 0.15) is 5.54 Å². The third kappa shape index (κ3) is 4.86. The van der Waals surface area contributed by atoms with E-state index in [-0.39, 0.29) is 28.7 Å². The number of benzene rings is 2. The van der Waals surface area contributed by atoms with Crippen molar-refractivity contribution in [3.63, 3.8) is 0 Å². The fourth-order valence-corrected chi connectivity index (χ4v) is 6.92. The molecule has 2 aliphatic carbocycles. The summed E-state index contributed by atoms with van der Waals surface area (Å²) in [7, 11) is -3.79. The van der Waals surface area contributed by atoms with Gasteiger partial charge in [0.05, 0.1) is 38.9 Å². The Morgan fingerprint density at radius 1 is 1.15 bits per heavy atom. The molecule has 8 heteroatoms. The van der Waals surface area contributed by atoms with E-state index in [2.05, 4.69) is 11.4 Å². The molecule has 4 rings (SSSR count). The number of aryl methyl sites for hydroxylation is 1. The van der Waals surface area contributed by atoms with Gasteiger partial charge < -0.3 is 10.1 Å². The molecule has 2 aliphatic rings. The lowest BCUT2D eigenvalue weighted by atomic mass is 9.95. The van der Waals surface area contributed by atoms with Crippen LogP contribution in [0.5, 0.6) is 0 Å². The Bertz CT molecular complexity index is 1230. The number of amides is 1.